The van der Waals surface area contributed by atoms with Gasteiger partial charge in [-0.2, -0.15) is 0 Å². The molecular formula is C14H29N3O2. The van der Waals surface area contributed by atoms with E-state index in [1.54, 1.807) is 0 Å². The van der Waals surface area contributed by atoms with E-state index in [-0.39, 0.29) is 0 Å². The molecule has 0 radical (unpaired) electrons. The molecule has 5 heteroatoms. The van der Waals surface area contributed by atoms with Crippen LogP contribution in [0.1, 0.15) is 39.5 Å². The number of hydrogen-bond acceptors (Lipinski definition) is 3. The minimum absolute atomic E-state index is 0.312. The van der Waals surface area contributed by atoms with Crippen molar-refractivity contribution in [2.75, 3.05) is 39.5 Å². The van der Waals surface area contributed by atoms with Crippen LogP contribution in [0.4, 0.5) is 0 Å². The average Bonchev–Trinajstić information content (AvgIpc) is 2.91. The van der Waals surface area contributed by atoms with Gasteiger partial charge in [-0.25, -0.2) is 0 Å². The molecule has 1 aliphatic heterocycles. The largest absolute Gasteiger partial charge is 0.377 e. The molecule has 0 aliphatic carbocycles. The van der Waals surface area contributed by atoms with Gasteiger partial charge in [0.15, 0.2) is 5.96 Å². The molecule has 1 fully saturated rings. The summed E-state index contributed by atoms with van der Waals surface area (Å²) >= 11 is 0. The summed E-state index contributed by atoms with van der Waals surface area (Å²) in [5.41, 5.74) is 0. The van der Waals surface area contributed by atoms with Gasteiger partial charge in [0.05, 0.1) is 19.3 Å². The zero-order chi connectivity index (χ0) is 13.8. The Labute approximate surface area is 117 Å². The molecule has 0 aromatic heterocycles. The number of unbranched alkanes of at least 4 members (excludes halogenated alkanes) is 1. The number of ether oxygens (including phenoxy) is 2. The SMILES string of the molecule is CCCCN=C(NCC)NCCOCC1CCCO1. The molecule has 1 heterocycles. The molecule has 1 aliphatic rings. The van der Waals surface area contributed by atoms with Crippen LogP contribution < -0.4 is 10.6 Å². The summed E-state index contributed by atoms with van der Waals surface area (Å²) in [4.78, 5) is 4.49. The Morgan fingerprint density at radius 1 is 1.37 bits per heavy atom. The van der Waals surface area contributed by atoms with Gasteiger partial charge in [-0.1, -0.05) is 13.3 Å². The Morgan fingerprint density at radius 3 is 2.95 bits per heavy atom. The summed E-state index contributed by atoms with van der Waals surface area (Å²) < 4.78 is 11.1. The van der Waals surface area contributed by atoms with Crippen LogP contribution in [-0.4, -0.2) is 51.5 Å². The number of rotatable bonds is 9. The smallest absolute Gasteiger partial charge is 0.191 e. The van der Waals surface area contributed by atoms with Crippen molar-refractivity contribution in [1.82, 2.24) is 10.6 Å². The topological polar surface area (TPSA) is 54.9 Å². The molecule has 1 unspecified atom stereocenters. The van der Waals surface area contributed by atoms with Gasteiger partial charge in [0, 0.05) is 26.2 Å². The summed E-state index contributed by atoms with van der Waals surface area (Å²) in [5.74, 6) is 0.886. The molecule has 1 saturated heterocycles. The van der Waals surface area contributed by atoms with E-state index in [1.165, 1.54) is 12.8 Å². The van der Waals surface area contributed by atoms with Gasteiger partial charge < -0.3 is 20.1 Å². The van der Waals surface area contributed by atoms with Gasteiger partial charge in [-0.3, -0.25) is 4.99 Å². The second kappa shape index (κ2) is 11.1. The van der Waals surface area contributed by atoms with E-state index >= 15 is 0 Å². The van der Waals surface area contributed by atoms with Gasteiger partial charge in [-0.15, -0.1) is 0 Å². The average molecular weight is 271 g/mol. The zero-order valence-corrected chi connectivity index (χ0v) is 12.4. The second-order valence-electron chi connectivity index (χ2n) is 4.75. The van der Waals surface area contributed by atoms with Crippen molar-refractivity contribution in [3.63, 3.8) is 0 Å². The molecule has 112 valence electrons. The molecule has 0 aromatic carbocycles. The van der Waals surface area contributed by atoms with Crippen LogP contribution in [0.15, 0.2) is 4.99 Å². The van der Waals surface area contributed by atoms with E-state index in [9.17, 15) is 0 Å². The fourth-order valence-electron chi connectivity index (χ4n) is 1.92. The first-order chi connectivity index (χ1) is 9.36. The van der Waals surface area contributed by atoms with Crippen molar-refractivity contribution in [2.45, 2.75) is 45.6 Å². The minimum atomic E-state index is 0.312. The maximum atomic E-state index is 5.60. The summed E-state index contributed by atoms with van der Waals surface area (Å²) in [7, 11) is 0. The first kappa shape index (κ1) is 16.2. The molecular weight excluding hydrogens is 242 g/mol. The van der Waals surface area contributed by atoms with E-state index in [4.69, 9.17) is 9.47 Å². The molecule has 19 heavy (non-hydrogen) atoms. The number of nitrogens with one attached hydrogen (secondary N) is 2. The van der Waals surface area contributed by atoms with Crippen LogP contribution in [0.25, 0.3) is 0 Å². The Kier molecular flexibility index (Phi) is 9.45. The summed E-state index contributed by atoms with van der Waals surface area (Å²) in [6.07, 6.45) is 4.92. The van der Waals surface area contributed by atoms with Crippen LogP contribution >= 0.6 is 0 Å². The molecule has 0 amide bonds. The predicted molar refractivity (Wildman–Crippen MR) is 78.7 cm³/mol. The minimum Gasteiger partial charge on any atom is -0.377 e. The Hall–Kier alpha value is -0.810. The van der Waals surface area contributed by atoms with Crippen LogP contribution in [0.3, 0.4) is 0 Å². The van der Waals surface area contributed by atoms with Crippen LogP contribution in [-0.2, 0) is 9.47 Å². The van der Waals surface area contributed by atoms with Crippen LogP contribution in [0, 0.1) is 0 Å². The quantitative estimate of drug-likeness (QED) is 0.379. The normalized spacial score (nSPS) is 19.7. The lowest BCUT2D eigenvalue weighted by atomic mass is 10.2. The van der Waals surface area contributed by atoms with Crippen molar-refractivity contribution >= 4 is 5.96 Å². The Balaban J connectivity index is 2.04. The molecule has 0 bridgehead atoms. The van der Waals surface area contributed by atoms with Crippen LogP contribution in [0.5, 0.6) is 0 Å². The predicted octanol–water partition coefficient (Wildman–Crippen LogP) is 1.54. The molecule has 0 aromatic rings. The highest BCUT2D eigenvalue weighted by Crippen LogP contribution is 2.11. The molecule has 2 N–H and O–H groups in total. The monoisotopic (exact) mass is 271 g/mol. The van der Waals surface area contributed by atoms with Crippen molar-refractivity contribution in [3.8, 4) is 0 Å². The van der Waals surface area contributed by atoms with Crippen molar-refractivity contribution in [1.29, 1.82) is 0 Å². The fraction of sp³-hybridized carbons (Fsp3) is 0.929. The molecule has 5 nitrogen and oxygen atoms in total. The second-order valence-corrected chi connectivity index (χ2v) is 4.75. The maximum absolute atomic E-state index is 5.60. The van der Waals surface area contributed by atoms with Crippen molar-refractivity contribution in [2.24, 2.45) is 4.99 Å². The van der Waals surface area contributed by atoms with Gasteiger partial charge in [0.1, 0.15) is 0 Å². The summed E-state index contributed by atoms with van der Waals surface area (Å²) in [6, 6.07) is 0. The number of guanidine groups is 1. The standard InChI is InChI=1S/C14H29N3O2/c1-3-5-8-16-14(15-4-2)17-9-11-18-12-13-7-6-10-19-13/h13H,3-12H2,1-2H3,(H2,15,16,17). The highest BCUT2D eigenvalue weighted by atomic mass is 16.5. The fourth-order valence-corrected chi connectivity index (χ4v) is 1.92. The van der Waals surface area contributed by atoms with E-state index in [0.717, 1.165) is 45.0 Å². The summed E-state index contributed by atoms with van der Waals surface area (Å²) in [6.45, 7) is 9.09. The first-order valence-electron chi connectivity index (χ1n) is 7.58. The molecule has 1 atom stereocenters. The van der Waals surface area contributed by atoms with Gasteiger partial charge in [-0.05, 0) is 26.2 Å². The maximum Gasteiger partial charge on any atom is 0.191 e. The third-order valence-electron chi connectivity index (χ3n) is 2.99. The molecule has 0 spiro atoms. The number of aliphatic imine (C=N–C) groups is 1. The molecule has 0 saturated carbocycles. The molecule has 1 rings (SSSR count). The Morgan fingerprint density at radius 2 is 2.26 bits per heavy atom. The zero-order valence-electron chi connectivity index (χ0n) is 12.4. The highest BCUT2D eigenvalue weighted by molar-refractivity contribution is 5.79. The number of hydrogen-bond donors (Lipinski definition) is 2. The lowest BCUT2D eigenvalue weighted by Gasteiger charge is -2.13. The van der Waals surface area contributed by atoms with E-state index in [1.807, 2.05) is 0 Å². The van der Waals surface area contributed by atoms with Crippen molar-refractivity contribution in [3.05, 3.63) is 0 Å². The van der Waals surface area contributed by atoms with Crippen LogP contribution in [0.2, 0.25) is 0 Å². The first-order valence-corrected chi connectivity index (χ1v) is 7.58. The van der Waals surface area contributed by atoms with E-state index in [2.05, 4.69) is 29.5 Å². The number of nitrogens with zero attached hydrogens (tertiary/aromatic N) is 1. The van der Waals surface area contributed by atoms with Gasteiger partial charge >= 0.3 is 0 Å². The Bertz CT molecular complexity index is 241. The van der Waals surface area contributed by atoms with Gasteiger partial charge in [0.2, 0.25) is 0 Å². The third kappa shape index (κ3) is 8.06. The summed E-state index contributed by atoms with van der Waals surface area (Å²) in [5, 5.41) is 6.51. The van der Waals surface area contributed by atoms with Gasteiger partial charge in [0.25, 0.3) is 0 Å². The van der Waals surface area contributed by atoms with Crippen molar-refractivity contribution < 1.29 is 9.47 Å². The highest BCUT2D eigenvalue weighted by Gasteiger charge is 2.14. The lowest BCUT2D eigenvalue weighted by molar-refractivity contribution is 0.0191. The van der Waals surface area contributed by atoms with E-state index in [0.29, 0.717) is 19.3 Å². The van der Waals surface area contributed by atoms with E-state index < -0.39 is 0 Å². The lowest BCUT2D eigenvalue weighted by Crippen LogP contribution is -2.39. The third-order valence-corrected chi connectivity index (χ3v) is 2.99.